The lowest BCUT2D eigenvalue weighted by molar-refractivity contribution is -0.142. The molecule has 1 heterocycles. The number of aliphatic hydroxyl groups is 1. The van der Waals surface area contributed by atoms with Crippen LogP contribution in [-0.4, -0.2) is 87.6 Å². The van der Waals surface area contributed by atoms with Gasteiger partial charge in [-0.15, -0.1) is 0 Å². The van der Waals surface area contributed by atoms with Crippen LogP contribution < -0.4 is 27.4 Å². The first-order valence-electron chi connectivity index (χ1n) is 11.9. The van der Waals surface area contributed by atoms with Crippen molar-refractivity contribution in [1.29, 1.82) is 0 Å². The van der Waals surface area contributed by atoms with Crippen LogP contribution in [-0.2, 0) is 30.4 Å². The maximum atomic E-state index is 12.9. The number of thioether (sulfide) groups is 1. The highest BCUT2D eigenvalue weighted by Gasteiger charge is 2.30. The Morgan fingerprint density at radius 2 is 1.61 bits per heavy atom. The third-order valence-electron chi connectivity index (χ3n) is 5.81. The topological polar surface area (TPSA) is 230 Å². The summed E-state index contributed by atoms with van der Waals surface area (Å²) in [6.45, 7) is -0.847. The van der Waals surface area contributed by atoms with E-state index >= 15 is 0 Å². The van der Waals surface area contributed by atoms with E-state index in [1.165, 1.54) is 11.8 Å². The third-order valence-corrected chi connectivity index (χ3v) is 6.46. The van der Waals surface area contributed by atoms with Crippen LogP contribution in [0.5, 0.6) is 0 Å². The number of aromatic nitrogens is 1. The highest BCUT2D eigenvalue weighted by atomic mass is 32.2. The molecule has 0 aliphatic heterocycles. The highest BCUT2D eigenvalue weighted by molar-refractivity contribution is 7.98. The molecule has 4 unspecified atom stereocenters. The maximum Gasteiger partial charge on any atom is 0.326 e. The van der Waals surface area contributed by atoms with Crippen LogP contribution in [0.1, 0.15) is 24.8 Å². The number of nitrogens with one attached hydrogen (secondary N) is 4. The normalized spacial score (nSPS) is 14.2. The summed E-state index contributed by atoms with van der Waals surface area (Å²) in [7, 11) is 0. The Morgan fingerprint density at radius 1 is 0.974 bits per heavy atom. The molecule has 2 aromatic rings. The number of primary amides is 1. The van der Waals surface area contributed by atoms with Gasteiger partial charge in [0.25, 0.3) is 0 Å². The molecule has 0 fully saturated rings. The summed E-state index contributed by atoms with van der Waals surface area (Å²) < 4.78 is 0. The summed E-state index contributed by atoms with van der Waals surface area (Å²) in [5.74, 6) is -3.83. The second-order valence-electron chi connectivity index (χ2n) is 8.66. The van der Waals surface area contributed by atoms with E-state index < -0.39 is 60.4 Å². The molecular formula is C24H34N6O7S. The molecule has 38 heavy (non-hydrogen) atoms. The summed E-state index contributed by atoms with van der Waals surface area (Å²) in [6.07, 6.45) is 3.39. The van der Waals surface area contributed by atoms with Gasteiger partial charge >= 0.3 is 5.97 Å². The third kappa shape index (κ3) is 9.04. The van der Waals surface area contributed by atoms with Crippen LogP contribution >= 0.6 is 11.8 Å². The van der Waals surface area contributed by atoms with Crippen LogP contribution in [0.3, 0.4) is 0 Å². The molecule has 0 saturated heterocycles. The molecule has 0 aliphatic carbocycles. The first-order valence-corrected chi connectivity index (χ1v) is 13.3. The standard InChI is InChI=1S/C24H34N6O7S/c1-38-9-8-15(25)21(33)28-17(6-7-20(26)32)22(34)30-19(12-31)23(35)29-18(24(36)37)10-13-11-27-16-5-3-2-4-14(13)16/h2-5,11,15,17-19,27,31H,6-10,12,25H2,1H3,(H2,26,32)(H,28,33)(H,29,35)(H,30,34)(H,36,37). The fourth-order valence-corrected chi connectivity index (χ4v) is 4.16. The number of carbonyl (C=O) groups is 5. The molecule has 1 aromatic heterocycles. The van der Waals surface area contributed by atoms with Crippen molar-refractivity contribution in [2.24, 2.45) is 11.5 Å². The lowest BCUT2D eigenvalue weighted by atomic mass is 10.0. The van der Waals surface area contributed by atoms with E-state index in [0.29, 0.717) is 17.7 Å². The van der Waals surface area contributed by atoms with Gasteiger partial charge in [-0.25, -0.2) is 4.79 Å². The Balaban J connectivity index is 2.09. The second kappa shape index (κ2) is 15.0. The van der Waals surface area contributed by atoms with Crippen molar-refractivity contribution >= 4 is 52.3 Å². The zero-order valence-corrected chi connectivity index (χ0v) is 21.8. The van der Waals surface area contributed by atoms with E-state index in [1.807, 2.05) is 24.5 Å². The second-order valence-corrected chi connectivity index (χ2v) is 9.65. The van der Waals surface area contributed by atoms with Gasteiger partial charge in [0.15, 0.2) is 0 Å². The fraction of sp³-hybridized carbons (Fsp3) is 0.458. The fourth-order valence-electron chi connectivity index (χ4n) is 3.67. The van der Waals surface area contributed by atoms with Crippen molar-refractivity contribution in [3.05, 3.63) is 36.0 Å². The number of aliphatic carboxylic acids is 1. The van der Waals surface area contributed by atoms with Gasteiger partial charge in [0, 0.05) is 29.9 Å². The zero-order valence-electron chi connectivity index (χ0n) is 20.9. The number of carboxylic acid groups (broad SMARTS) is 1. The molecule has 13 nitrogen and oxygen atoms in total. The summed E-state index contributed by atoms with van der Waals surface area (Å²) in [4.78, 5) is 64.3. The predicted molar refractivity (Wildman–Crippen MR) is 142 cm³/mol. The van der Waals surface area contributed by atoms with E-state index in [1.54, 1.807) is 12.3 Å². The molecule has 4 amide bonds. The molecule has 0 radical (unpaired) electrons. The highest BCUT2D eigenvalue weighted by Crippen LogP contribution is 2.19. The Bertz CT molecular complexity index is 1140. The number of aromatic amines is 1. The van der Waals surface area contributed by atoms with E-state index in [9.17, 15) is 34.2 Å². The minimum absolute atomic E-state index is 0.0532. The molecular weight excluding hydrogens is 516 g/mol. The number of benzene rings is 1. The number of aliphatic hydroxyl groups excluding tert-OH is 1. The van der Waals surface area contributed by atoms with Gasteiger partial charge in [-0.2, -0.15) is 11.8 Å². The molecule has 0 aliphatic rings. The van der Waals surface area contributed by atoms with Crippen LogP contribution in [0, 0.1) is 0 Å². The number of para-hydroxylation sites is 1. The van der Waals surface area contributed by atoms with Gasteiger partial charge in [0.2, 0.25) is 23.6 Å². The van der Waals surface area contributed by atoms with Crippen LogP contribution in [0.4, 0.5) is 0 Å². The van der Waals surface area contributed by atoms with E-state index in [4.69, 9.17) is 11.5 Å². The van der Waals surface area contributed by atoms with Crippen LogP contribution in [0.2, 0.25) is 0 Å². The summed E-state index contributed by atoms with van der Waals surface area (Å²) >= 11 is 1.49. The SMILES string of the molecule is CSCCC(N)C(=O)NC(CCC(N)=O)C(=O)NC(CO)C(=O)NC(Cc1c[nH]c2ccccc12)C(=O)O. The van der Waals surface area contributed by atoms with Crippen molar-refractivity contribution in [3.8, 4) is 0 Å². The Labute approximate surface area is 223 Å². The number of hydrogen-bond donors (Lipinski definition) is 8. The largest absolute Gasteiger partial charge is 0.480 e. The van der Waals surface area contributed by atoms with Crippen LogP contribution in [0.25, 0.3) is 10.9 Å². The number of H-pyrrole nitrogens is 1. The Kier molecular flexibility index (Phi) is 12.0. The van der Waals surface area contributed by atoms with Gasteiger partial charge in [0.1, 0.15) is 18.1 Å². The molecule has 0 spiro atoms. The number of nitrogens with two attached hydrogens (primary N) is 2. The molecule has 1 aromatic carbocycles. The smallest absolute Gasteiger partial charge is 0.326 e. The maximum absolute atomic E-state index is 12.9. The lowest BCUT2D eigenvalue weighted by Crippen LogP contribution is -2.58. The quantitative estimate of drug-likeness (QED) is 0.122. The average molecular weight is 551 g/mol. The minimum atomic E-state index is -1.52. The van der Waals surface area contributed by atoms with E-state index in [0.717, 1.165) is 10.9 Å². The Hall–Kier alpha value is -3.62. The predicted octanol–water partition coefficient (Wildman–Crippen LogP) is -1.41. The molecule has 208 valence electrons. The Morgan fingerprint density at radius 3 is 2.24 bits per heavy atom. The summed E-state index contributed by atoms with van der Waals surface area (Å²) in [6, 6.07) is 2.22. The lowest BCUT2D eigenvalue weighted by Gasteiger charge is -2.24. The van der Waals surface area contributed by atoms with E-state index in [-0.39, 0.29) is 19.3 Å². The van der Waals surface area contributed by atoms with Crippen molar-refractivity contribution in [1.82, 2.24) is 20.9 Å². The van der Waals surface area contributed by atoms with Crippen molar-refractivity contribution in [2.45, 2.75) is 49.9 Å². The molecule has 0 saturated carbocycles. The van der Waals surface area contributed by atoms with Gasteiger partial charge in [0.05, 0.1) is 12.6 Å². The molecule has 14 heteroatoms. The van der Waals surface area contributed by atoms with Crippen molar-refractivity contribution in [3.63, 3.8) is 0 Å². The number of hydrogen-bond acceptors (Lipinski definition) is 8. The van der Waals surface area contributed by atoms with E-state index in [2.05, 4.69) is 20.9 Å². The summed E-state index contributed by atoms with van der Waals surface area (Å²) in [5.41, 5.74) is 12.5. The molecule has 10 N–H and O–H groups in total. The zero-order chi connectivity index (χ0) is 28.2. The van der Waals surface area contributed by atoms with Crippen molar-refractivity contribution < 1.29 is 34.2 Å². The number of rotatable bonds is 16. The van der Waals surface area contributed by atoms with Crippen molar-refractivity contribution in [2.75, 3.05) is 18.6 Å². The van der Waals surface area contributed by atoms with Gasteiger partial charge in [-0.3, -0.25) is 19.2 Å². The minimum Gasteiger partial charge on any atom is -0.480 e. The number of carbonyl (C=O) groups excluding carboxylic acids is 4. The first kappa shape index (κ1) is 30.6. The first-order chi connectivity index (χ1) is 18.1. The molecule has 4 atom stereocenters. The molecule has 2 rings (SSSR count). The number of fused-ring (bicyclic) bond motifs is 1. The number of carboxylic acids is 1. The molecule has 0 bridgehead atoms. The van der Waals surface area contributed by atoms with Gasteiger partial charge < -0.3 is 42.6 Å². The van der Waals surface area contributed by atoms with Gasteiger partial charge in [-0.05, 0) is 36.5 Å². The average Bonchev–Trinajstić information content (AvgIpc) is 3.29. The number of amides is 4. The van der Waals surface area contributed by atoms with Gasteiger partial charge in [-0.1, -0.05) is 18.2 Å². The van der Waals surface area contributed by atoms with Crippen LogP contribution in [0.15, 0.2) is 30.5 Å². The monoisotopic (exact) mass is 550 g/mol. The summed E-state index contributed by atoms with van der Waals surface area (Å²) in [5, 5.41) is 27.3.